The number of hydrogen-bond donors (Lipinski definition) is 0. The molecule has 0 N–H and O–H groups in total. The topological polar surface area (TPSA) is 61.2 Å². The second kappa shape index (κ2) is 9.93. The first-order valence-electron chi connectivity index (χ1n) is 11.7. The Morgan fingerprint density at radius 1 is 1.06 bits per heavy atom. The van der Waals surface area contributed by atoms with Crippen molar-refractivity contribution in [2.45, 2.75) is 20.4 Å². The van der Waals surface area contributed by atoms with E-state index >= 15 is 0 Å². The van der Waals surface area contributed by atoms with Gasteiger partial charge in [0.2, 0.25) is 0 Å². The molecule has 0 bridgehead atoms. The second-order valence-corrected chi connectivity index (χ2v) is 10.4. The maximum absolute atomic E-state index is 13.6. The standard InChI is InChI=1S/C26H27N5O2S2/c1-3-28-12-14-29(15-13-28)23-20(24(32)30-11-5-4-6-22(30)27-23)16-21-25(33)31(26(34)35-21)17-19-9-7-18(2)8-10-19/h4-11,16H,3,12-15,17H2,1-2H3. The minimum Gasteiger partial charge on any atom is -0.353 e. The van der Waals surface area contributed by atoms with Gasteiger partial charge in [-0.25, -0.2) is 4.98 Å². The summed E-state index contributed by atoms with van der Waals surface area (Å²) >= 11 is 6.78. The van der Waals surface area contributed by atoms with Gasteiger partial charge in [-0.3, -0.25) is 18.9 Å². The van der Waals surface area contributed by atoms with Gasteiger partial charge in [0.25, 0.3) is 11.5 Å². The van der Waals surface area contributed by atoms with Gasteiger partial charge >= 0.3 is 0 Å². The molecule has 0 aliphatic carbocycles. The van der Waals surface area contributed by atoms with Crippen molar-refractivity contribution in [3.8, 4) is 0 Å². The predicted molar refractivity (Wildman–Crippen MR) is 146 cm³/mol. The Morgan fingerprint density at radius 3 is 2.51 bits per heavy atom. The van der Waals surface area contributed by atoms with Gasteiger partial charge in [0.1, 0.15) is 15.8 Å². The Morgan fingerprint density at radius 2 is 1.80 bits per heavy atom. The van der Waals surface area contributed by atoms with Crippen LogP contribution >= 0.6 is 24.0 Å². The largest absolute Gasteiger partial charge is 0.353 e. The van der Waals surface area contributed by atoms with E-state index in [1.54, 1.807) is 23.2 Å². The molecule has 3 aromatic rings. The van der Waals surface area contributed by atoms with Gasteiger partial charge in [-0.2, -0.15) is 0 Å². The summed E-state index contributed by atoms with van der Waals surface area (Å²) in [6.45, 7) is 8.95. The Balaban J connectivity index is 1.52. The summed E-state index contributed by atoms with van der Waals surface area (Å²) in [5.41, 5.74) is 3.00. The number of thiocarbonyl (C=S) groups is 1. The summed E-state index contributed by atoms with van der Waals surface area (Å²) in [6.07, 6.45) is 3.40. The van der Waals surface area contributed by atoms with Crippen LogP contribution in [0.2, 0.25) is 0 Å². The fourth-order valence-corrected chi connectivity index (χ4v) is 5.61. The molecule has 2 aliphatic rings. The van der Waals surface area contributed by atoms with E-state index in [1.165, 1.54) is 16.2 Å². The number of carbonyl (C=O) groups excluding carboxylic acids is 1. The number of nitrogens with zero attached hydrogens (tertiary/aromatic N) is 5. The lowest BCUT2D eigenvalue weighted by Gasteiger charge is -2.35. The van der Waals surface area contributed by atoms with Gasteiger partial charge in [0.15, 0.2) is 0 Å². The van der Waals surface area contributed by atoms with Crippen molar-refractivity contribution in [3.05, 3.63) is 80.6 Å². The number of benzene rings is 1. The van der Waals surface area contributed by atoms with E-state index in [-0.39, 0.29) is 11.5 Å². The smallest absolute Gasteiger partial charge is 0.267 e. The van der Waals surface area contributed by atoms with Crippen molar-refractivity contribution in [1.29, 1.82) is 0 Å². The molecule has 2 fully saturated rings. The maximum atomic E-state index is 13.6. The van der Waals surface area contributed by atoms with Crippen LogP contribution in [0.3, 0.4) is 0 Å². The van der Waals surface area contributed by atoms with Crippen LogP contribution in [0.5, 0.6) is 0 Å². The molecule has 4 heterocycles. The molecule has 0 saturated carbocycles. The van der Waals surface area contributed by atoms with E-state index in [2.05, 4.69) is 16.7 Å². The van der Waals surface area contributed by atoms with Crippen molar-refractivity contribution < 1.29 is 4.79 Å². The van der Waals surface area contributed by atoms with Crippen molar-refractivity contribution in [1.82, 2.24) is 19.2 Å². The highest BCUT2D eigenvalue weighted by Crippen LogP contribution is 2.34. The van der Waals surface area contributed by atoms with Crippen LogP contribution < -0.4 is 10.5 Å². The van der Waals surface area contributed by atoms with Gasteiger partial charge in [-0.1, -0.05) is 66.8 Å². The lowest BCUT2D eigenvalue weighted by Crippen LogP contribution is -2.47. The molecule has 0 atom stereocenters. The molecule has 2 aromatic heterocycles. The quantitative estimate of drug-likeness (QED) is 0.388. The normalized spacial score (nSPS) is 18.3. The number of aryl methyl sites for hydroxylation is 1. The molecule has 9 heteroatoms. The van der Waals surface area contributed by atoms with Crippen molar-refractivity contribution >= 4 is 51.7 Å². The molecule has 180 valence electrons. The van der Waals surface area contributed by atoms with E-state index < -0.39 is 0 Å². The summed E-state index contributed by atoms with van der Waals surface area (Å²) in [7, 11) is 0. The van der Waals surface area contributed by atoms with Gasteiger partial charge < -0.3 is 9.80 Å². The summed E-state index contributed by atoms with van der Waals surface area (Å²) < 4.78 is 2.03. The van der Waals surface area contributed by atoms with Crippen molar-refractivity contribution in [3.63, 3.8) is 0 Å². The molecule has 2 saturated heterocycles. The fraction of sp³-hybridized carbons (Fsp3) is 0.308. The van der Waals surface area contributed by atoms with E-state index in [0.717, 1.165) is 43.9 Å². The first kappa shape index (κ1) is 23.7. The number of piperazine rings is 1. The van der Waals surface area contributed by atoms with Crippen LogP contribution in [0.15, 0.2) is 58.4 Å². The van der Waals surface area contributed by atoms with Crippen LogP contribution in [0.4, 0.5) is 5.82 Å². The first-order chi connectivity index (χ1) is 16.9. The van der Waals surface area contributed by atoms with Gasteiger partial charge in [-0.05, 0) is 37.2 Å². The second-order valence-electron chi connectivity index (χ2n) is 8.76. The highest BCUT2D eigenvalue weighted by atomic mass is 32.2. The number of hydrogen-bond acceptors (Lipinski definition) is 7. The average Bonchev–Trinajstić information content (AvgIpc) is 3.14. The molecule has 0 radical (unpaired) electrons. The SMILES string of the molecule is CCN1CCN(c2nc3ccccn3c(=O)c2C=C2SC(=S)N(Cc3ccc(C)cc3)C2=O)CC1. The minimum atomic E-state index is -0.188. The summed E-state index contributed by atoms with van der Waals surface area (Å²) in [4.78, 5) is 38.3. The van der Waals surface area contributed by atoms with Crippen LogP contribution in [0, 0.1) is 6.92 Å². The molecule has 5 rings (SSSR count). The van der Waals surface area contributed by atoms with E-state index in [0.29, 0.717) is 32.8 Å². The number of aromatic nitrogens is 2. The third-order valence-corrected chi connectivity index (χ3v) is 7.86. The zero-order valence-electron chi connectivity index (χ0n) is 19.8. The van der Waals surface area contributed by atoms with Gasteiger partial charge in [0, 0.05) is 32.4 Å². The number of fused-ring (bicyclic) bond motifs is 1. The lowest BCUT2D eigenvalue weighted by molar-refractivity contribution is -0.122. The zero-order valence-corrected chi connectivity index (χ0v) is 21.4. The van der Waals surface area contributed by atoms with E-state index in [1.807, 2.05) is 43.3 Å². The lowest BCUT2D eigenvalue weighted by atomic mass is 10.1. The Kier molecular flexibility index (Phi) is 6.73. The molecule has 7 nitrogen and oxygen atoms in total. The molecular weight excluding hydrogens is 478 g/mol. The van der Waals surface area contributed by atoms with Gasteiger partial charge in [-0.15, -0.1) is 0 Å². The summed E-state index contributed by atoms with van der Waals surface area (Å²) in [5.74, 6) is 0.445. The monoisotopic (exact) mass is 505 g/mol. The Labute approximate surface area is 214 Å². The van der Waals surface area contributed by atoms with Crippen molar-refractivity contribution in [2.75, 3.05) is 37.6 Å². The molecule has 0 spiro atoms. The number of carbonyl (C=O) groups is 1. The predicted octanol–water partition coefficient (Wildman–Crippen LogP) is 3.55. The number of anilines is 1. The number of thioether (sulfide) groups is 1. The molecule has 0 unspecified atom stereocenters. The van der Waals surface area contributed by atoms with Gasteiger partial charge in [0.05, 0.1) is 17.0 Å². The zero-order chi connectivity index (χ0) is 24.5. The molecule has 1 aromatic carbocycles. The fourth-order valence-electron chi connectivity index (χ4n) is 4.38. The summed E-state index contributed by atoms with van der Waals surface area (Å²) in [5, 5.41) is 0. The molecular formula is C26H27N5O2S2. The van der Waals surface area contributed by atoms with E-state index in [4.69, 9.17) is 17.2 Å². The van der Waals surface area contributed by atoms with Crippen LogP contribution in [0.1, 0.15) is 23.6 Å². The van der Waals surface area contributed by atoms with Crippen LogP contribution in [-0.4, -0.2) is 62.1 Å². The first-order valence-corrected chi connectivity index (χ1v) is 13.0. The number of likely N-dealkylation sites (N-methyl/N-ethyl adjacent to an activating group) is 1. The average molecular weight is 506 g/mol. The Bertz CT molecular complexity index is 1370. The third kappa shape index (κ3) is 4.76. The van der Waals surface area contributed by atoms with Crippen molar-refractivity contribution in [2.24, 2.45) is 0 Å². The number of rotatable bonds is 5. The summed E-state index contributed by atoms with van der Waals surface area (Å²) in [6, 6.07) is 13.6. The van der Waals surface area contributed by atoms with E-state index in [9.17, 15) is 9.59 Å². The van der Waals surface area contributed by atoms with Crippen LogP contribution in [-0.2, 0) is 11.3 Å². The highest BCUT2D eigenvalue weighted by Gasteiger charge is 2.33. The minimum absolute atomic E-state index is 0.181. The Hall–Kier alpha value is -3.01. The van der Waals surface area contributed by atoms with Crippen LogP contribution in [0.25, 0.3) is 11.7 Å². The number of amides is 1. The molecule has 1 amide bonds. The highest BCUT2D eigenvalue weighted by molar-refractivity contribution is 8.26. The number of pyridine rings is 1. The molecule has 2 aliphatic heterocycles. The maximum Gasteiger partial charge on any atom is 0.267 e. The third-order valence-electron chi connectivity index (χ3n) is 6.48. The molecule has 35 heavy (non-hydrogen) atoms.